The fourth-order valence-corrected chi connectivity index (χ4v) is 3.06. The van der Waals surface area contributed by atoms with Gasteiger partial charge >= 0.3 is 5.97 Å². The van der Waals surface area contributed by atoms with Crippen molar-refractivity contribution in [2.45, 2.75) is 38.3 Å². The summed E-state index contributed by atoms with van der Waals surface area (Å²) in [6.45, 7) is 1.53. The third-order valence-corrected chi connectivity index (χ3v) is 4.42. The number of nitrogens with one attached hydrogen (secondary N) is 1. The van der Waals surface area contributed by atoms with Gasteiger partial charge in [-0.2, -0.15) is 0 Å². The first-order chi connectivity index (χ1) is 12.0. The summed E-state index contributed by atoms with van der Waals surface area (Å²) >= 11 is 0. The van der Waals surface area contributed by atoms with Crippen LogP contribution in [0.15, 0.2) is 48.5 Å². The van der Waals surface area contributed by atoms with Gasteiger partial charge in [-0.15, -0.1) is 0 Å². The summed E-state index contributed by atoms with van der Waals surface area (Å²) < 4.78 is 18.1. The maximum Gasteiger partial charge on any atom is 0.338 e. The highest BCUT2D eigenvalue weighted by molar-refractivity contribution is 5.92. The minimum absolute atomic E-state index is 0.0653. The summed E-state index contributed by atoms with van der Waals surface area (Å²) in [5.74, 6) is -1.41. The topological polar surface area (TPSA) is 55.4 Å². The molecule has 0 bridgehead atoms. The van der Waals surface area contributed by atoms with Gasteiger partial charge in [0.2, 0.25) is 0 Å². The molecule has 2 atom stereocenters. The first kappa shape index (κ1) is 17.1. The minimum Gasteiger partial charge on any atom is -0.449 e. The van der Waals surface area contributed by atoms with Crippen LogP contribution in [-0.4, -0.2) is 18.0 Å². The number of aryl methyl sites for hydroxylation is 1. The van der Waals surface area contributed by atoms with Gasteiger partial charge in [0, 0.05) is 0 Å². The van der Waals surface area contributed by atoms with Crippen LogP contribution in [0.5, 0.6) is 0 Å². The molecular weight excluding hydrogens is 321 g/mol. The highest BCUT2D eigenvalue weighted by Crippen LogP contribution is 2.29. The molecule has 130 valence electrons. The van der Waals surface area contributed by atoms with Crippen LogP contribution in [0.4, 0.5) is 4.39 Å². The second-order valence-corrected chi connectivity index (χ2v) is 6.21. The Bertz CT molecular complexity index is 773. The minimum atomic E-state index is -0.924. The first-order valence-electron chi connectivity index (χ1n) is 8.39. The smallest absolute Gasteiger partial charge is 0.338 e. The molecule has 0 radical (unpaired) electrons. The molecule has 1 amide bonds. The second-order valence-electron chi connectivity index (χ2n) is 6.21. The molecule has 4 nitrogen and oxygen atoms in total. The average Bonchev–Trinajstić information content (AvgIpc) is 2.62. The van der Waals surface area contributed by atoms with Crippen molar-refractivity contribution in [3.63, 3.8) is 0 Å². The largest absolute Gasteiger partial charge is 0.449 e. The van der Waals surface area contributed by atoms with Crippen molar-refractivity contribution in [2.24, 2.45) is 0 Å². The van der Waals surface area contributed by atoms with Gasteiger partial charge in [-0.3, -0.25) is 4.79 Å². The van der Waals surface area contributed by atoms with E-state index in [1.54, 1.807) is 0 Å². The highest BCUT2D eigenvalue weighted by Gasteiger charge is 2.25. The van der Waals surface area contributed by atoms with Crippen molar-refractivity contribution in [2.75, 3.05) is 0 Å². The summed E-state index contributed by atoms with van der Waals surface area (Å²) in [4.78, 5) is 24.4. The lowest BCUT2D eigenvalue weighted by Gasteiger charge is -2.27. The molecule has 25 heavy (non-hydrogen) atoms. The molecule has 3 rings (SSSR count). The number of ether oxygens (including phenoxy) is 1. The molecule has 0 fully saturated rings. The number of rotatable bonds is 4. The number of amides is 1. The average molecular weight is 341 g/mol. The molecule has 0 saturated carbocycles. The van der Waals surface area contributed by atoms with Crippen LogP contribution in [-0.2, 0) is 16.0 Å². The van der Waals surface area contributed by atoms with Crippen molar-refractivity contribution in [3.8, 4) is 0 Å². The number of fused-ring (bicyclic) bond motifs is 1. The molecule has 1 N–H and O–H groups in total. The van der Waals surface area contributed by atoms with Gasteiger partial charge < -0.3 is 10.1 Å². The van der Waals surface area contributed by atoms with Gasteiger partial charge in [0.05, 0.1) is 11.6 Å². The van der Waals surface area contributed by atoms with E-state index in [1.165, 1.54) is 36.8 Å². The van der Waals surface area contributed by atoms with E-state index in [1.807, 2.05) is 18.2 Å². The first-order valence-corrected chi connectivity index (χ1v) is 8.39. The van der Waals surface area contributed by atoms with Crippen LogP contribution in [0.2, 0.25) is 0 Å². The van der Waals surface area contributed by atoms with E-state index in [0.717, 1.165) is 24.8 Å². The normalized spacial score (nSPS) is 17.3. The molecule has 0 heterocycles. The zero-order valence-corrected chi connectivity index (χ0v) is 14.0. The molecule has 2 unspecified atom stereocenters. The fourth-order valence-electron chi connectivity index (χ4n) is 3.06. The number of carbonyl (C=O) groups is 2. The number of esters is 1. The fraction of sp³-hybridized carbons (Fsp3) is 0.300. The lowest BCUT2D eigenvalue weighted by atomic mass is 9.87. The summed E-state index contributed by atoms with van der Waals surface area (Å²) in [5, 5.41) is 2.96. The van der Waals surface area contributed by atoms with Crippen LogP contribution in [0.25, 0.3) is 0 Å². The van der Waals surface area contributed by atoms with Crippen LogP contribution in [0.1, 0.15) is 47.3 Å². The number of hydrogen-bond acceptors (Lipinski definition) is 3. The number of halogens is 1. The third kappa shape index (κ3) is 4.05. The third-order valence-electron chi connectivity index (χ3n) is 4.42. The Morgan fingerprint density at radius 1 is 1.16 bits per heavy atom. The predicted molar refractivity (Wildman–Crippen MR) is 91.5 cm³/mol. The lowest BCUT2D eigenvalue weighted by molar-refractivity contribution is -0.130. The predicted octanol–water partition coefficient (Wildman–Crippen LogP) is 3.56. The Balaban J connectivity index is 1.62. The van der Waals surface area contributed by atoms with Crippen molar-refractivity contribution in [3.05, 3.63) is 71.0 Å². The van der Waals surface area contributed by atoms with Gasteiger partial charge in [0.15, 0.2) is 6.10 Å². The van der Waals surface area contributed by atoms with Crippen molar-refractivity contribution in [1.82, 2.24) is 5.32 Å². The van der Waals surface area contributed by atoms with E-state index in [4.69, 9.17) is 4.74 Å². The Kier molecular flexibility index (Phi) is 5.12. The zero-order chi connectivity index (χ0) is 17.8. The van der Waals surface area contributed by atoms with Gasteiger partial charge in [0.1, 0.15) is 5.82 Å². The van der Waals surface area contributed by atoms with E-state index < -0.39 is 17.9 Å². The van der Waals surface area contributed by atoms with Crippen molar-refractivity contribution < 1.29 is 18.7 Å². The van der Waals surface area contributed by atoms with E-state index in [2.05, 4.69) is 11.4 Å². The zero-order valence-electron chi connectivity index (χ0n) is 14.0. The van der Waals surface area contributed by atoms with Crippen molar-refractivity contribution in [1.29, 1.82) is 0 Å². The molecule has 0 aliphatic heterocycles. The molecule has 1 aliphatic carbocycles. The van der Waals surface area contributed by atoms with Crippen LogP contribution >= 0.6 is 0 Å². The van der Waals surface area contributed by atoms with Gasteiger partial charge in [-0.1, -0.05) is 24.3 Å². The second kappa shape index (κ2) is 7.47. The lowest BCUT2D eigenvalue weighted by Crippen LogP contribution is -2.39. The van der Waals surface area contributed by atoms with Crippen molar-refractivity contribution >= 4 is 11.9 Å². The van der Waals surface area contributed by atoms with Crippen LogP contribution in [0, 0.1) is 5.82 Å². The Hall–Kier alpha value is -2.69. The number of carbonyl (C=O) groups excluding carboxylic acids is 2. The SMILES string of the molecule is CC(OC(=O)c1ccc(F)cc1)C(=O)NC1CCCc2ccccc21. The van der Waals surface area contributed by atoms with E-state index >= 15 is 0 Å². The van der Waals surface area contributed by atoms with E-state index in [9.17, 15) is 14.0 Å². The summed E-state index contributed by atoms with van der Waals surface area (Å²) in [5.41, 5.74) is 2.58. The maximum absolute atomic E-state index is 12.9. The van der Waals surface area contributed by atoms with Gasteiger partial charge in [-0.25, -0.2) is 9.18 Å². The monoisotopic (exact) mass is 341 g/mol. The van der Waals surface area contributed by atoms with E-state index in [0.29, 0.717) is 0 Å². The quantitative estimate of drug-likeness (QED) is 0.865. The van der Waals surface area contributed by atoms with Crippen LogP contribution in [0.3, 0.4) is 0 Å². The standard InChI is InChI=1S/C20H20FNO3/c1-13(25-20(24)15-9-11-16(21)12-10-15)19(23)22-18-8-4-6-14-5-2-3-7-17(14)18/h2-3,5,7,9-13,18H,4,6,8H2,1H3,(H,22,23). The molecule has 0 saturated heterocycles. The van der Waals surface area contributed by atoms with Crippen LogP contribution < -0.4 is 5.32 Å². The van der Waals surface area contributed by atoms with Gasteiger partial charge in [0.25, 0.3) is 5.91 Å². The maximum atomic E-state index is 12.9. The number of hydrogen-bond donors (Lipinski definition) is 1. The molecule has 0 aromatic heterocycles. The Morgan fingerprint density at radius 2 is 1.88 bits per heavy atom. The molecule has 2 aromatic carbocycles. The Labute approximate surface area is 146 Å². The summed E-state index contributed by atoms with van der Waals surface area (Å²) in [7, 11) is 0. The highest BCUT2D eigenvalue weighted by atomic mass is 19.1. The Morgan fingerprint density at radius 3 is 2.64 bits per heavy atom. The van der Waals surface area contributed by atoms with Gasteiger partial charge in [-0.05, 0) is 61.6 Å². The summed E-state index contributed by atoms with van der Waals surface area (Å²) in [6.07, 6.45) is 1.96. The summed E-state index contributed by atoms with van der Waals surface area (Å²) in [6, 6.07) is 13.0. The molecule has 1 aliphatic rings. The molecular formula is C20H20FNO3. The molecule has 5 heteroatoms. The number of benzene rings is 2. The molecule has 0 spiro atoms. The molecule has 2 aromatic rings. The van der Waals surface area contributed by atoms with E-state index in [-0.39, 0.29) is 17.5 Å².